The molecule has 7 heteroatoms. The monoisotopic (exact) mass is 279 g/mol. The minimum absolute atomic E-state index is 0.0193. The van der Waals surface area contributed by atoms with Crippen molar-refractivity contribution in [1.29, 1.82) is 0 Å². The number of amides is 1. The van der Waals surface area contributed by atoms with Crippen LogP contribution in [0.1, 0.15) is 0 Å². The van der Waals surface area contributed by atoms with Crippen molar-refractivity contribution in [3.05, 3.63) is 29.0 Å². The Balaban J connectivity index is 2.62. The third kappa shape index (κ3) is 4.80. The average Bonchev–Trinajstić information content (AvgIpc) is 2.23. The second kappa shape index (κ2) is 6.68. The van der Waals surface area contributed by atoms with Crippen LogP contribution < -0.4 is 5.32 Å². The highest BCUT2D eigenvalue weighted by atomic mass is 35.5. The first-order chi connectivity index (χ1) is 8.02. The quantitative estimate of drug-likeness (QED) is 0.850. The minimum atomic E-state index is -1.45. The van der Waals surface area contributed by atoms with Crippen LogP contribution in [0.3, 0.4) is 0 Å². The molecule has 1 atom stereocenters. The maximum atomic E-state index is 13.2. The van der Waals surface area contributed by atoms with Crippen molar-refractivity contribution in [2.45, 2.75) is 0 Å². The van der Waals surface area contributed by atoms with Crippen molar-refractivity contribution in [3.8, 4) is 0 Å². The van der Waals surface area contributed by atoms with Gasteiger partial charge in [0.1, 0.15) is 11.6 Å². The lowest BCUT2D eigenvalue weighted by Gasteiger charge is -2.06. The Morgan fingerprint density at radius 1 is 1.53 bits per heavy atom. The summed E-state index contributed by atoms with van der Waals surface area (Å²) in [5.74, 6) is -1.47. The Morgan fingerprint density at radius 3 is 2.88 bits per heavy atom. The molecule has 4 nitrogen and oxygen atoms in total. The topological polar surface area (TPSA) is 66.4 Å². The summed E-state index contributed by atoms with van der Waals surface area (Å²) < 4.78 is 24.4. The molecule has 1 aromatic rings. The van der Waals surface area contributed by atoms with Gasteiger partial charge in [-0.15, -0.1) is 0 Å². The number of rotatable bonds is 5. The molecule has 0 aliphatic heterocycles. The number of carbonyl (C=O) groups is 1. The van der Waals surface area contributed by atoms with E-state index in [4.69, 9.17) is 16.7 Å². The molecule has 0 saturated carbocycles. The standard InChI is InChI=1S/C10H11ClFNO3S/c11-7-1-2-8(12)9(5-7)13-10(15)6-17(16)4-3-14/h1-2,5,14H,3-4,6H2,(H,13,15)/t17-/m0/s1. The summed E-state index contributed by atoms with van der Waals surface area (Å²) in [6, 6.07) is 3.75. The van der Waals surface area contributed by atoms with Crippen molar-refractivity contribution >= 4 is 34.0 Å². The van der Waals surface area contributed by atoms with E-state index in [-0.39, 0.29) is 28.8 Å². The van der Waals surface area contributed by atoms with Gasteiger partial charge in [0.25, 0.3) is 0 Å². The summed E-state index contributed by atoms with van der Waals surface area (Å²) in [6.07, 6.45) is 0. The van der Waals surface area contributed by atoms with E-state index in [1.165, 1.54) is 12.1 Å². The number of hydrogen-bond donors (Lipinski definition) is 2. The molecule has 17 heavy (non-hydrogen) atoms. The van der Waals surface area contributed by atoms with E-state index >= 15 is 0 Å². The predicted molar refractivity (Wildman–Crippen MR) is 65.0 cm³/mol. The number of anilines is 1. The second-order valence-corrected chi connectivity index (χ2v) is 5.20. The molecule has 1 amide bonds. The first-order valence-electron chi connectivity index (χ1n) is 4.73. The number of hydrogen-bond acceptors (Lipinski definition) is 3. The van der Waals surface area contributed by atoms with Crippen LogP contribution in [-0.2, 0) is 15.6 Å². The third-order valence-corrected chi connectivity index (χ3v) is 3.27. The third-order valence-electron chi connectivity index (χ3n) is 1.81. The summed E-state index contributed by atoms with van der Waals surface area (Å²) in [5.41, 5.74) is -0.0523. The Kier molecular flexibility index (Phi) is 5.54. The van der Waals surface area contributed by atoms with Crippen LogP contribution >= 0.6 is 11.6 Å². The molecule has 0 heterocycles. The molecule has 0 unspecified atom stereocenters. The fourth-order valence-electron chi connectivity index (χ4n) is 1.10. The van der Waals surface area contributed by atoms with Gasteiger partial charge < -0.3 is 10.4 Å². The molecule has 0 spiro atoms. The molecule has 2 N–H and O–H groups in total. The Hall–Kier alpha value is -0.980. The fourth-order valence-corrected chi connectivity index (χ4v) is 1.98. The zero-order chi connectivity index (χ0) is 12.8. The molecular weight excluding hydrogens is 269 g/mol. The molecule has 1 rings (SSSR count). The number of halogens is 2. The first kappa shape index (κ1) is 14.1. The van der Waals surface area contributed by atoms with Crippen molar-refractivity contribution in [3.63, 3.8) is 0 Å². The maximum absolute atomic E-state index is 13.2. The summed E-state index contributed by atoms with van der Waals surface area (Å²) >= 11 is 5.64. The highest BCUT2D eigenvalue weighted by Gasteiger charge is 2.10. The van der Waals surface area contributed by atoms with Crippen LogP contribution in [0, 0.1) is 5.82 Å². The normalized spacial score (nSPS) is 12.2. The molecule has 0 radical (unpaired) electrons. The lowest BCUT2D eigenvalue weighted by atomic mass is 10.3. The fraction of sp³-hybridized carbons (Fsp3) is 0.300. The van der Waals surface area contributed by atoms with E-state index < -0.39 is 22.5 Å². The highest BCUT2D eigenvalue weighted by Crippen LogP contribution is 2.19. The predicted octanol–water partition coefficient (Wildman–Crippen LogP) is 1.16. The average molecular weight is 280 g/mol. The largest absolute Gasteiger partial charge is 0.395 e. The van der Waals surface area contributed by atoms with Gasteiger partial charge in [-0.2, -0.15) is 0 Å². The number of carbonyl (C=O) groups excluding carboxylic acids is 1. The van der Waals surface area contributed by atoms with Gasteiger partial charge in [-0.1, -0.05) is 11.6 Å². The molecule has 0 fully saturated rings. The van der Waals surface area contributed by atoms with E-state index in [9.17, 15) is 13.4 Å². The number of nitrogens with one attached hydrogen (secondary N) is 1. The Labute approximate surface area is 105 Å². The summed E-state index contributed by atoms with van der Waals surface area (Å²) in [4.78, 5) is 11.4. The Morgan fingerprint density at radius 2 is 2.24 bits per heavy atom. The van der Waals surface area contributed by atoms with E-state index in [0.29, 0.717) is 0 Å². The SMILES string of the molecule is O=C(C[S@@](=O)CCO)Nc1cc(Cl)ccc1F. The summed E-state index contributed by atoms with van der Waals surface area (Å²) in [5, 5.41) is 11.1. The molecular formula is C10H11ClFNO3S. The van der Waals surface area contributed by atoms with Crippen molar-refractivity contribution in [2.24, 2.45) is 0 Å². The smallest absolute Gasteiger partial charge is 0.237 e. The van der Waals surface area contributed by atoms with E-state index in [2.05, 4.69) is 5.32 Å². The minimum Gasteiger partial charge on any atom is -0.395 e. The zero-order valence-electron chi connectivity index (χ0n) is 8.78. The molecule has 0 saturated heterocycles. The van der Waals surface area contributed by atoms with E-state index in [1.54, 1.807) is 0 Å². The van der Waals surface area contributed by atoms with E-state index in [0.717, 1.165) is 6.07 Å². The number of aliphatic hydroxyl groups excluding tert-OH is 1. The van der Waals surface area contributed by atoms with Gasteiger partial charge in [0.05, 0.1) is 12.3 Å². The number of benzene rings is 1. The van der Waals surface area contributed by atoms with Gasteiger partial charge in [-0.25, -0.2) is 4.39 Å². The van der Waals surface area contributed by atoms with Crippen molar-refractivity contribution < 1.29 is 18.5 Å². The lowest BCUT2D eigenvalue weighted by Crippen LogP contribution is -2.22. The van der Waals surface area contributed by atoms with Crippen LogP contribution in [-0.4, -0.2) is 33.3 Å². The second-order valence-electron chi connectivity index (χ2n) is 3.18. The first-order valence-corrected chi connectivity index (χ1v) is 6.60. The van der Waals surface area contributed by atoms with Crippen LogP contribution in [0.25, 0.3) is 0 Å². The van der Waals surface area contributed by atoms with Crippen LogP contribution in [0.15, 0.2) is 18.2 Å². The Bertz CT molecular complexity index is 442. The van der Waals surface area contributed by atoms with Gasteiger partial charge in [-0.3, -0.25) is 9.00 Å². The van der Waals surface area contributed by atoms with Gasteiger partial charge in [0.15, 0.2) is 0 Å². The highest BCUT2D eigenvalue weighted by molar-refractivity contribution is 7.85. The summed E-state index contributed by atoms with van der Waals surface area (Å²) in [6.45, 7) is -0.259. The van der Waals surface area contributed by atoms with Gasteiger partial charge >= 0.3 is 0 Å². The molecule has 1 aromatic carbocycles. The molecule has 0 bridgehead atoms. The maximum Gasteiger partial charge on any atom is 0.237 e. The van der Waals surface area contributed by atoms with Gasteiger partial charge in [0.2, 0.25) is 5.91 Å². The zero-order valence-corrected chi connectivity index (χ0v) is 10.4. The van der Waals surface area contributed by atoms with Gasteiger partial charge in [0, 0.05) is 21.6 Å². The molecule has 0 aromatic heterocycles. The van der Waals surface area contributed by atoms with Crippen LogP contribution in [0.4, 0.5) is 10.1 Å². The molecule has 0 aliphatic carbocycles. The number of aliphatic hydroxyl groups is 1. The molecule has 0 aliphatic rings. The van der Waals surface area contributed by atoms with Crippen molar-refractivity contribution in [1.82, 2.24) is 0 Å². The van der Waals surface area contributed by atoms with E-state index in [1.807, 2.05) is 0 Å². The molecule has 94 valence electrons. The van der Waals surface area contributed by atoms with Gasteiger partial charge in [-0.05, 0) is 18.2 Å². The lowest BCUT2D eigenvalue weighted by molar-refractivity contribution is -0.113. The van der Waals surface area contributed by atoms with Crippen molar-refractivity contribution in [2.75, 3.05) is 23.4 Å². The van der Waals surface area contributed by atoms with Crippen LogP contribution in [0.5, 0.6) is 0 Å². The van der Waals surface area contributed by atoms with Crippen LogP contribution in [0.2, 0.25) is 5.02 Å². The summed E-state index contributed by atoms with van der Waals surface area (Å²) in [7, 11) is -1.45.